The number of benzene rings is 1. The molecule has 1 saturated heterocycles. The molecule has 2 aliphatic rings. The van der Waals surface area contributed by atoms with Crippen molar-refractivity contribution in [2.45, 2.75) is 58.9 Å². The monoisotopic (exact) mass is 407 g/mol. The van der Waals surface area contributed by atoms with Crippen LogP contribution >= 0.6 is 0 Å². The molecule has 30 heavy (non-hydrogen) atoms. The van der Waals surface area contributed by atoms with Gasteiger partial charge < -0.3 is 15.1 Å². The van der Waals surface area contributed by atoms with E-state index < -0.39 is 0 Å². The minimum Gasteiger partial charge on any atom is -0.352 e. The molecule has 1 saturated carbocycles. The molecule has 1 aromatic carbocycles. The molecule has 160 valence electrons. The number of aromatic nitrogens is 2. The number of nitrogens with zero attached hydrogens (tertiary/aromatic N) is 4. The molecular weight excluding hydrogens is 374 g/mol. The molecule has 2 aromatic rings. The highest BCUT2D eigenvalue weighted by molar-refractivity contribution is 5.75. The summed E-state index contributed by atoms with van der Waals surface area (Å²) in [6, 6.07) is 8.96. The lowest BCUT2D eigenvalue weighted by Crippen LogP contribution is -2.53. The van der Waals surface area contributed by atoms with Gasteiger partial charge in [-0.3, -0.25) is 0 Å². The molecule has 1 aromatic heterocycles. The number of hydrogen-bond donors (Lipinski definition) is 1. The number of hydrogen-bond acceptors (Lipinski definition) is 4. The first-order valence-corrected chi connectivity index (χ1v) is 11.2. The summed E-state index contributed by atoms with van der Waals surface area (Å²) in [7, 11) is 0. The topological polar surface area (TPSA) is 61.4 Å². The molecule has 2 amide bonds. The van der Waals surface area contributed by atoms with E-state index in [0.717, 1.165) is 56.1 Å². The van der Waals surface area contributed by atoms with Crippen molar-refractivity contribution < 1.29 is 4.79 Å². The highest BCUT2D eigenvalue weighted by Crippen LogP contribution is 2.26. The van der Waals surface area contributed by atoms with Crippen molar-refractivity contribution >= 4 is 11.8 Å². The van der Waals surface area contributed by atoms with Crippen molar-refractivity contribution in [3.05, 3.63) is 41.0 Å². The second-order valence-electron chi connectivity index (χ2n) is 8.79. The van der Waals surface area contributed by atoms with Crippen molar-refractivity contribution in [3.63, 3.8) is 0 Å². The number of rotatable bonds is 3. The Morgan fingerprint density at radius 3 is 2.27 bits per heavy atom. The first kappa shape index (κ1) is 20.6. The molecule has 0 bridgehead atoms. The molecule has 1 aliphatic heterocycles. The zero-order chi connectivity index (χ0) is 21.1. The fraction of sp³-hybridized carbons (Fsp3) is 0.542. The van der Waals surface area contributed by atoms with E-state index in [2.05, 4.69) is 65.5 Å². The van der Waals surface area contributed by atoms with Crippen LogP contribution in [0.3, 0.4) is 0 Å². The summed E-state index contributed by atoms with van der Waals surface area (Å²) in [5.74, 6) is 0.882. The summed E-state index contributed by atoms with van der Waals surface area (Å²) < 4.78 is 0. The van der Waals surface area contributed by atoms with Gasteiger partial charge in [-0.15, -0.1) is 10.2 Å². The van der Waals surface area contributed by atoms with Gasteiger partial charge >= 0.3 is 6.03 Å². The predicted molar refractivity (Wildman–Crippen MR) is 121 cm³/mol. The molecule has 4 rings (SSSR count). The van der Waals surface area contributed by atoms with E-state index in [4.69, 9.17) is 0 Å². The van der Waals surface area contributed by atoms with E-state index in [-0.39, 0.29) is 6.03 Å². The first-order valence-electron chi connectivity index (χ1n) is 11.2. The molecule has 0 radical (unpaired) electrons. The van der Waals surface area contributed by atoms with Crippen LogP contribution < -0.4 is 10.2 Å². The summed E-state index contributed by atoms with van der Waals surface area (Å²) in [5.41, 5.74) is 5.83. The van der Waals surface area contributed by atoms with Crippen LogP contribution in [0.1, 0.15) is 48.8 Å². The average molecular weight is 408 g/mol. The van der Waals surface area contributed by atoms with Crippen LogP contribution in [0.2, 0.25) is 0 Å². The predicted octanol–water partition coefficient (Wildman–Crippen LogP) is 4.23. The zero-order valence-electron chi connectivity index (χ0n) is 18.4. The Morgan fingerprint density at radius 1 is 0.900 bits per heavy atom. The molecule has 6 nitrogen and oxygen atoms in total. The molecule has 0 atom stereocenters. The summed E-state index contributed by atoms with van der Waals surface area (Å²) in [5, 5.41) is 12.2. The molecular formula is C24H33N5O. The molecule has 0 spiro atoms. The second kappa shape index (κ2) is 9.02. The van der Waals surface area contributed by atoms with Crippen molar-refractivity contribution in [2.24, 2.45) is 0 Å². The lowest BCUT2D eigenvalue weighted by molar-refractivity contribution is 0.186. The maximum atomic E-state index is 12.6. The van der Waals surface area contributed by atoms with Crippen molar-refractivity contribution in [1.82, 2.24) is 20.4 Å². The van der Waals surface area contributed by atoms with Gasteiger partial charge in [0.2, 0.25) is 0 Å². The second-order valence-corrected chi connectivity index (χ2v) is 8.79. The minimum absolute atomic E-state index is 0.0909. The average Bonchev–Trinajstić information content (AvgIpc) is 2.77. The van der Waals surface area contributed by atoms with Gasteiger partial charge in [0.25, 0.3) is 0 Å². The van der Waals surface area contributed by atoms with E-state index in [9.17, 15) is 4.79 Å². The lowest BCUT2D eigenvalue weighted by atomic mass is 9.96. The van der Waals surface area contributed by atoms with Crippen molar-refractivity contribution in [1.29, 1.82) is 0 Å². The van der Waals surface area contributed by atoms with Crippen LogP contribution in [-0.4, -0.2) is 53.3 Å². The van der Waals surface area contributed by atoms with Gasteiger partial charge in [-0.1, -0.05) is 25.3 Å². The van der Waals surface area contributed by atoms with Crippen LogP contribution in [0.4, 0.5) is 10.6 Å². The van der Waals surface area contributed by atoms with Gasteiger partial charge in [-0.25, -0.2) is 4.79 Å². The van der Waals surface area contributed by atoms with E-state index in [1.807, 2.05) is 4.90 Å². The minimum atomic E-state index is 0.0909. The summed E-state index contributed by atoms with van der Waals surface area (Å²) >= 11 is 0. The Bertz CT molecular complexity index is 881. The maximum Gasteiger partial charge on any atom is 0.317 e. The van der Waals surface area contributed by atoms with Gasteiger partial charge in [0.15, 0.2) is 5.82 Å². The smallest absolute Gasteiger partial charge is 0.317 e. The SMILES string of the molecule is Cc1cc(C)c(-c2ccc(N3CCN(C(=O)NC4CCCCC4)CC3)nn2)cc1C. The van der Waals surface area contributed by atoms with Gasteiger partial charge in [-0.2, -0.15) is 0 Å². The Hall–Kier alpha value is -2.63. The van der Waals surface area contributed by atoms with E-state index in [1.54, 1.807) is 0 Å². The van der Waals surface area contributed by atoms with Crippen LogP contribution in [0.5, 0.6) is 0 Å². The largest absolute Gasteiger partial charge is 0.352 e. The third-order valence-electron chi connectivity index (χ3n) is 6.59. The summed E-state index contributed by atoms with van der Waals surface area (Å²) in [6.07, 6.45) is 6.00. The lowest BCUT2D eigenvalue weighted by Gasteiger charge is -2.36. The number of carbonyl (C=O) groups is 1. The number of nitrogens with one attached hydrogen (secondary N) is 1. The van der Waals surface area contributed by atoms with Gasteiger partial charge in [0, 0.05) is 37.8 Å². The number of urea groups is 1. The van der Waals surface area contributed by atoms with E-state index >= 15 is 0 Å². The van der Waals surface area contributed by atoms with Crippen LogP contribution in [0.15, 0.2) is 24.3 Å². The summed E-state index contributed by atoms with van der Waals surface area (Å²) in [4.78, 5) is 16.7. The molecule has 2 fully saturated rings. The highest BCUT2D eigenvalue weighted by atomic mass is 16.2. The van der Waals surface area contributed by atoms with Crippen LogP contribution in [0, 0.1) is 20.8 Å². The number of amides is 2. The van der Waals surface area contributed by atoms with Gasteiger partial charge in [0.1, 0.15) is 0 Å². The molecule has 1 aliphatic carbocycles. The Balaban J connectivity index is 1.35. The van der Waals surface area contributed by atoms with Crippen molar-refractivity contribution in [3.8, 4) is 11.3 Å². The fourth-order valence-electron chi connectivity index (χ4n) is 4.53. The van der Waals surface area contributed by atoms with E-state index in [1.165, 1.54) is 36.0 Å². The van der Waals surface area contributed by atoms with E-state index in [0.29, 0.717) is 6.04 Å². The Morgan fingerprint density at radius 2 is 1.60 bits per heavy atom. The standard InChI is InChI=1S/C24H33N5O/c1-17-15-19(3)21(16-18(17)2)22-9-10-23(27-26-22)28-11-13-29(14-12-28)24(30)25-20-7-5-4-6-8-20/h9-10,15-16,20H,4-8,11-14H2,1-3H3,(H,25,30). The fourth-order valence-corrected chi connectivity index (χ4v) is 4.53. The molecule has 1 N–H and O–H groups in total. The summed E-state index contributed by atoms with van der Waals surface area (Å²) in [6.45, 7) is 9.40. The maximum absolute atomic E-state index is 12.6. The van der Waals surface area contributed by atoms with Crippen LogP contribution in [0.25, 0.3) is 11.3 Å². The zero-order valence-corrected chi connectivity index (χ0v) is 18.4. The van der Waals surface area contributed by atoms with Gasteiger partial charge in [-0.05, 0) is 68.5 Å². The number of aryl methyl sites for hydroxylation is 3. The quantitative estimate of drug-likeness (QED) is 0.827. The highest BCUT2D eigenvalue weighted by Gasteiger charge is 2.24. The molecule has 2 heterocycles. The third-order valence-corrected chi connectivity index (χ3v) is 6.59. The number of carbonyl (C=O) groups excluding carboxylic acids is 1. The normalized spacial score (nSPS) is 17.8. The number of anilines is 1. The third kappa shape index (κ3) is 4.58. The Kier molecular flexibility index (Phi) is 6.21. The van der Waals surface area contributed by atoms with Gasteiger partial charge in [0.05, 0.1) is 5.69 Å². The number of piperazine rings is 1. The molecule has 6 heteroatoms. The van der Waals surface area contributed by atoms with Crippen LogP contribution in [-0.2, 0) is 0 Å². The first-order chi connectivity index (χ1) is 14.5. The van der Waals surface area contributed by atoms with Crippen molar-refractivity contribution in [2.75, 3.05) is 31.1 Å². The molecule has 0 unspecified atom stereocenters. The Labute approximate surface area is 179 Å².